The van der Waals surface area contributed by atoms with Crippen molar-refractivity contribution in [3.8, 4) is 0 Å². The number of urea groups is 1. The quantitative estimate of drug-likeness (QED) is 0.586. The monoisotopic (exact) mass is 397 g/mol. The van der Waals surface area contributed by atoms with Crippen LogP contribution in [0.3, 0.4) is 0 Å². The maximum absolute atomic E-state index is 12.0. The van der Waals surface area contributed by atoms with Gasteiger partial charge in [-0.25, -0.2) is 22.7 Å². The van der Waals surface area contributed by atoms with Crippen molar-refractivity contribution in [3.05, 3.63) is 29.8 Å². The Hall–Kier alpha value is -2.46. The molecule has 1 saturated carbocycles. The molecule has 0 unspecified atom stereocenters. The standard InChI is InChI=1S/C17H23N3O6S/c1-2-18-27(24,25)14-9-5-6-12(10-14)16(22)26-11-15(21)20-17(23)19-13-7-3-4-8-13/h5-6,9-10,13,18H,2-4,7-8,11H2,1H3,(H2,19,20,21,23). The summed E-state index contributed by atoms with van der Waals surface area (Å²) < 4.78 is 31.1. The Morgan fingerprint density at radius 2 is 1.89 bits per heavy atom. The first kappa shape index (κ1) is 20.8. The van der Waals surface area contributed by atoms with Gasteiger partial charge in [0, 0.05) is 12.6 Å². The van der Waals surface area contributed by atoms with E-state index in [0.29, 0.717) is 0 Å². The Morgan fingerprint density at radius 1 is 1.19 bits per heavy atom. The number of esters is 1. The van der Waals surface area contributed by atoms with Crippen molar-refractivity contribution in [2.24, 2.45) is 0 Å². The molecular weight excluding hydrogens is 374 g/mol. The third-order valence-electron chi connectivity index (χ3n) is 3.99. The second kappa shape index (κ2) is 9.47. The van der Waals surface area contributed by atoms with Crippen LogP contribution >= 0.6 is 0 Å². The van der Waals surface area contributed by atoms with Gasteiger partial charge in [-0.3, -0.25) is 10.1 Å². The van der Waals surface area contributed by atoms with Crippen molar-refractivity contribution in [1.29, 1.82) is 0 Å². The molecule has 0 aromatic heterocycles. The maximum atomic E-state index is 12.0. The fourth-order valence-electron chi connectivity index (χ4n) is 2.73. The Labute approximate surface area is 157 Å². The molecular formula is C17H23N3O6S. The van der Waals surface area contributed by atoms with Gasteiger partial charge < -0.3 is 10.1 Å². The van der Waals surface area contributed by atoms with Gasteiger partial charge in [-0.15, -0.1) is 0 Å². The maximum Gasteiger partial charge on any atom is 0.338 e. The van der Waals surface area contributed by atoms with Crippen molar-refractivity contribution in [2.75, 3.05) is 13.2 Å². The molecule has 0 saturated heterocycles. The molecule has 0 bridgehead atoms. The summed E-state index contributed by atoms with van der Waals surface area (Å²) in [4.78, 5) is 35.4. The molecule has 0 aliphatic heterocycles. The molecule has 1 aliphatic rings. The molecule has 1 aromatic rings. The fourth-order valence-corrected chi connectivity index (χ4v) is 3.82. The van der Waals surface area contributed by atoms with Gasteiger partial charge in [0.05, 0.1) is 10.5 Å². The number of benzene rings is 1. The van der Waals surface area contributed by atoms with E-state index in [4.69, 9.17) is 4.74 Å². The molecule has 0 atom stereocenters. The molecule has 1 fully saturated rings. The third kappa shape index (κ3) is 6.33. The number of nitrogens with one attached hydrogen (secondary N) is 3. The highest BCUT2D eigenvalue weighted by molar-refractivity contribution is 7.89. The summed E-state index contributed by atoms with van der Waals surface area (Å²) in [6, 6.07) is 4.71. The topological polar surface area (TPSA) is 131 Å². The number of carbonyl (C=O) groups excluding carboxylic acids is 3. The van der Waals surface area contributed by atoms with Gasteiger partial charge in [0.15, 0.2) is 6.61 Å². The Kier molecular flexibility index (Phi) is 7.31. The second-order valence-corrected chi connectivity index (χ2v) is 7.88. The Morgan fingerprint density at radius 3 is 2.56 bits per heavy atom. The minimum Gasteiger partial charge on any atom is -0.452 e. The number of sulfonamides is 1. The van der Waals surface area contributed by atoms with Crippen molar-refractivity contribution in [3.63, 3.8) is 0 Å². The van der Waals surface area contributed by atoms with Crippen LogP contribution in [0.4, 0.5) is 4.79 Å². The lowest BCUT2D eigenvalue weighted by atomic mass is 10.2. The predicted octanol–water partition coefficient (Wildman–Crippen LogP) is 0.910. The smallest absolute Gasteiger partial charge is 0.338 e. The van der Waals surface area contributed by atoms with Crippen LogP contribution in [0.25, 0.3) is 0 Å². The minimum absolute atomic E-state index is 0.0165. The van der Waals surface area contributed by atoms with E-state index in [9.17, 15) is 22.8 Å². The summed E-state index contributed by atoms with van der Waals surface area (Å²) in [5.41, 5.74) is -0.0165. The summed E-state index contributed by atoms with van der Waals surface area (Å²) in [5.74, 6) is -1.63. The van der Waals surface area contributed by atoms with E-state index in [1.54, 1.807) is 6.92 Å². The first-order chi connectivity index (χ1) is 12.8. The van der Waals surface area contributed by atoms with E-state index >= 15 is 0 Å². The number of hydrogen-bond donors (Lipinski definition) is 3. The lowest BCUT2D eigenvalue weighted by Crippen LogP contribution is -2.45. The van der Waals surface area contributed by atoms with Gasteiger partial charge in [-0.05, 0) is 31.0 Å². The fraction of sp³-hybridized carbons (Fsp3) is 0.471. The molecule has 2 rings (SSSR count). The Balaban J connectivity index is 1.86. The lowest BCUT2D eigenvalue weighted by molar-refractivity contribution is -0.123. The first-order valence-electron chi connectivity index (χ1n) is 8.69. The average molecular weight is 397 g/mol. The number of carbonyl (C=O) groups is 3. The summed E-state index contributed by atoms with van der Waals surface area (Å²) in [7, 11) is -3.72. The highest BCUT2D eigenvalue weighted by Gasteiger charge is 2.19. The van der Waals surface area contributed by atoms with Crippen LogP contribution < -0.4 is 15.4 Å². The molecule has 0 spiro atoms. The summed E-state index contributed by atoms with van der Waals surface area (Å²) in [5, 5.41) is 4.77. The summed E-state index contributed by atoms with van der Waals surface area (Å²) >= 11 is 0. The zero-order valence-electron chi connectivity index (χ0n) is 15.0. The van der Waals surface area contributed by atoms with E-state index in [2.05, 4.69) is 15.4 Å². The van der Waals surface area contributed by atoms with Crippen LogP contribution in [0.5, 0.6) is 0 Å². The van der Waals surface area contributed by atoms with Gasteiger partial charge in [-0.1, -0.05) is 25.8 Å². The minimum atomic E-state index is -3.72. The summed E-state index contributed by atoms with van der Waals surface area (Å²) in [6.07, 6.45) is 3.84. The van der Waals surface area contributed by atoms with Crippen LogP contribution in [0, 0.1) is 0 Å². The molecule has 1 aliphatic carbocycles. The van der Waals surface area contributed by atoms with Crippen molar-refractivity contribution >= 4 is 27.9 Å². The van der Waals surface area contributed by atoms with Crippen molar-refractivity contribution in [2.45, 2.75) is 43.5 Å². The summed E-state index contributed by atoms with van der Waals surface area (Å²) in [6.45, 7) is 1.19. The molecule has 3 N–H and O–H groups in total. The average Bonchev–Trinajstić information content (AvgIpc) is 3.12. The van der Waals surface area contributed by atoms with Gasteiger partial charge in [0.2, 0.25) is 10.0 Å². The molecule has 9 nitrogen and oxygen atoms in total. The van der Waals surface area contributed by atoms with Gasteiger partial charge in [-0.2, -0.15) is 0 Å². The number of imide groups is 1. The Bertz CT molecular complexity index is 803. The normalized spacial score (nSPS) is 14.6. The molecule has 3 amide bonds. The molecule has 0 radical (unpaired) electrons. The SMILES string of the molecule is CCNS(=O)(=O)c1cccc(C(=O)OCC(=O)NC(=O)NC2CCCC2)c1. The lowest BCUT2D eigenvalue weighted by Gasteiger charge is -2.12. The van der Waals surface area contributed by atoms with Gasteiger partial charge >= 0.3 is 12.0 Å². The molecule has 1 aromatic carbocycles. The highest BCUT2D eigenvalue weighted by Crippen LogP contribution is 2.17. The van der Waals surface area contributed by atoms with E-state index in [-0.39, 0.29) is 23.0 Å². The second-order valence-electron chi connectivity index (χ2n) is 6.11. The molecule has 148 valence electrons. The number of amides is 3. The zero-order chi connectivity index (χ0) is 19.9. The van der Waals surface area contributed by atoms with Crippen LogP contribution in [0.15, 0.2) is 29.2 Å². The largest absolute Gasteiger partial charge is 0.452 e. The van der Waals surface area contributed by atoms with E-state index in [1.165, 1.54) is 18.2 Å². The molecule has 0 heterocycles. The van der Waals surface area contributed by atoms with Gasteiger partial charge in [0.25, 0.3) is 5.91 Å². The number of hydrogen-bond acceptors (Lipinski definition) is 6. The van der Waals surface area contributed by atoms with Crippen LogP contribution in [-0.2, 0) is 19.6 Å². The van der Waals surface area contributed by atoms with E-state index in [1.807, 2.05) is 0 Å². The molecule has 27 heavy (non-hydrogen) atoms. The van der Waals surface area contributed by atoms with Crippen molar-refractivity contribution in [1.82, 2.24) is 15.4 Å². The molecule has 10 heteroatoms. The van der Waals surface area contributed by atoms with Crippen LogP contribution in [0.1, 0.15) is 43.0 Å². The number of rotatable bonds is 7. The van der Waals surface area contributed by atoms with E-state index in [0.717, 1.165) is 31.7 Å². The third-order valence-corrected chi connectivity index (χ3v) is 5.54. The predicted molar refractivity (Wildman–Crippen MR) is 96.5 cm³/mol. The number of ether oxygens (including phenoxy) is 1. The zero-order valence-corrected chi connectivity index (χ0v) is 15.8. The van der Waals surface area contributed by atoms with Gasteiger partial charge in [0.1, 0.15) is 0 Å². The van der Waals surface area contributed by atoms with Crippen LogP contribution in [-0.4, -0.2) is 45.5 Å². The van der Waals surface area contributed by atoms with E-state index < -0.39 is 34.5 Å². The highest BCUT2D eigenvalue weighted by atomic mass is 32.2. The van der Waals surface area contributed by atoms with Crippen LogP contribution in [0.2, 0.25) is 0 Å². The first-order valence-corrected chi connectivity index (χ1v) is 10.2. The van der Waals surface area contributed by atoms with Crippen molar-refractivity contribution < 1.29 is 27.5 Å².